The molecule has 0 saturated carbocycles. The lowest BCUT2D eigenvalue weighted by atomic mass is 9.90. The number of likely N-dealkylation sites (tertiary alicyclic amines) is 1. The molecule has 4 rings (SSSR count). The fourth-order valence-corrected chi connectivity index (χ4v) is 4.67. The summed E-state index contributed by atoms with van der Waals surface area (Å²) in [5.41, 5.74) is 4.89. The molecular weight excluding hydrogens is 450 g/mol. The molecule has 7 nitrogen and oxygen atoms in total. The average molecular weight is 478 g/mol. The highest BCUT2D eigenvalue weighted by Gasteiger charge is 2.29. The minimum atomic E-state index is -0.187. The summed E-state index contributed by atoms with van der Waals surface area (Å²) in [6.07, 6.45) is 4.58. The molecule has 1 aromatic carbocycles. The van der Waals surface area contributed by atoms with Gasteiger partial charge in [0.1, 0.15) is 11.5 Å². The maximum Gasteiger partial charge on any atom is 0.273 e. The summed E-state index contributed by atoms with van der Waals surface area (Å²) in [6, 6.07) is 9.62. The van der Waals surface area contributed by atoms with Gasteiger partial charge in [-0.3, -0.25) is 9.59 Å². The van der Waals surface area contributed by atoms with Crippen molar-refractivity contribution in [1.29, 1.82) is 0 Å². The zero-order chi connectivity index (χ0) is 24.2. The Kier molecular flexibility index (Phi) is 7.22. The molecule has 0 bridgehead atoms. The lowest BCUT2D eigenvalue weighted by Gasteiger charge is -2.32. The molecule has 1 saturated heterocycles. The fraction of sp³-hybridized carbons (Fsp3) is 0.346. The predicted octanol–water partition coefficient (Wildman–Crippen LogP) is 4.40. The summed E-state index contributed by atoms with van der Waals surface area (Å²) in [6.45, 7) is 7.44. The molecule has 3 heterocycles. The Morgan fingerprint density at radius 2 is 1.79 bits per heavy atom. The number of rotatable bonds is 5. The van der Waals surface area contributed by atoms with Crippen molar-refractivity contribution in [2.24, 2.45) is 0 Å². The first-order chi connectivity index (χ1) is 16.3. The van der Waals surface area contributed by atoms with Crippen molar-refractivity contribution in [1.82, 2.24) is 25.2 Å². The number of carbonyl (C=O) groups is 2. The van der Waals surface area contributed by atoms with Crippen LogP contribution < -0.4 is 5.32 Å². The SMILES string of the molecule is Cc1cc(C)cc(CNC(=O)c2cnc(C)nc2C2CCN(C(=O)c3ncccc3Cl)CC2)c1. The van der Waals surface area contributed by atoms with Crippen LogP contribution in [0.25, 0.3) is 0 Å². The average Bonchev–Trinajstić information content (AvgIpc) is 2.82. The number of aryl methyl sites for hydroxylation is 3. The highest BCUT2D eigenvalue weighted by Crippen LogP contribution is 2.30. The predicted molar refractivity (Wildman–Crippen MR) is 131 cm³/mol. The maximum atomic E-state index is 13.1. The molecule has 0 aliphatic carbocycles. The standard InChI is InChI=1S/C26H28ClN5O2/c1-16-11-17(2)13-19(12-16)14-30-25(33)21-15-29-18(3)31-23(21)20-6-9-32(10-7-20)26(34)24-22(27)5-4-8-28-24/h4-5,8,11-13,15,20H,6-7,9-10,14H2,1-3H3,(H,30,33). The van der Waals surface area contributed by atoms with Crippen LogP contribution in [0.5, 0.6) is 0 Å². The number of benzene rings is 1. The molecule has 8 heteroatoms. The van der Waals surface area contributed by atoms with Crippen LogP contribution in [-0.2, 0) is 6.54 Å². The fourth-order valence-electron chi connectivity index (χ4n) is 4.47. The van der Waals surface area contributed by atoms with Crippen molar-refractivity contribution in [2.75, 3.05) is 13.1 Å². The van der Waals surface area contributed by atoms with E-state index in [-0.39, 0.29) is 23.4 Å². The van der Waals surface area contributed by atoms with Gasteiger partial charge in [0.2, 0.25) is 0 Å². The molecule has 1 aliphatic heterocycles. The monoisotopic (exact) mass is 477 g/mol. The van der Waals surface area contributed by atoms with Gasteiger partial charge in [-0.1, -0.05) is 40.9 Å². The largest absolute Gasteiger partial charge is 0.348 e. The van der Waals surface area contributed by atoms with Crippen LogP contribution in [-0.4, -0.2) is 44.8 Å². The number of nitrogens with zero attached hydrogens (tertiary/aromatic N) is 4. The Hall–Kier alpha value is -3.32. The van der Waals surface area contributed by atoms with E-state index >= 15 is 0 Å². The van der Waals surface area contributed by atoms with Gasteiger partial charge in [0.25, 0.3) is 11.8 Å². The van der Waals surface area contributed by atoms with Crippen LogP contribution in [0.2, 0.25) is 5.02 Å². The van der Waals surface area contributed by atoms with E-state index < -0.39 is 0 Å². The summed E-state index contributed by atoms with van der Waals surface area (Å²) in [5, 5.41) is 3.37. The lowest BCUT2D eigenvalue weighted by molar-refractivity contribution is 0.0704. The Morgan fingerprint density at radius 1 is 1.09 bits per heavy atom. The van der Waals surface area contributed by atoms with Crippen LogP contribution >= 0.6 is 11.6 Å². The van der Waals surface area contributed by atoms with Crippen LogP contribution in [0.4, 0.5) is 0 Å². The number of aromatic nitrogens is 3. The van der Waals surface area contributed by atoms with E-state index in [2.05, 4.69) is 38.5 Å². The van der Waals surface area contributed by atoms with Crippen molar-refractivity contribution in [3.63, 3.8) is 0 Å². The number of pyridine rings is 1. The van der Waals surface area contributed by atoms with E-state index in [1.54, 1.807) is 29.4 Å². The van der Waals surface area contributed by atoms with Gasteiger partial charge in [-0.05, 0) is 51.3 Å². The third-order valence-electron chi connectivity index (χ3n) is 6.05. The van der Waals surface area contributed by atoms with Gasteiger partial charge in [-0.2, -0.15) is 0 Å². The van der Waals surface area contributed by atoms with Gasteiger partial charge in [0.15, 0.2) is 0 Å². The summed E-state index contributed by atoms with van der Waals surface area (Å²) in [4.78, 5) is 40.7. The van der Waals surface area contributed by atoms with Crippen molar-refractivity contribution in [3.8, 4) is 0 Å². The smallest absolute Gasteiger partial charge is 0.273 e. The van der Waals surface area contributed by atoms with Gasteiger partial charge >= 0.3 is 0 Å². The van der Waals surface area contributed by atoms with E-state index in [0.29, 0.717) is 48.9 Å². The second-order valence-corrected chi connectivity index (χ2v) is 9.20. The molecule has 34 heavy (non-hydrogen) atoms. The van der Waals surface area contributed by atoms with Gasteiger partial charge in [-0.25, -0.2) is 15.0 Å². The van der Waals surface area contributed by atoms with Crippen molar-refractivity contribution in [3.05, 3.63) is 87.2 Å². The summed E-state index contributed by atoms with van der Waals surface area (Å²) in [5.74, 6) is 0.328. The van der Waals surface area contributed by atoms with Crippen LogP contribution in [0.1, 0.15) is 67.8 Å². The molecule has 3 aromatic rings. The molecule has 0 spiro atoms. The minimum absolute atomic E-state index is 0.0620. The van der Waals surface area contributed by atoms with E-state index in [9.17, 15) is 9.59 Å². The van der Waals surface area contributed by atoms with Crippen LogP contribution in [0, 0.1) is 20.8 Å². The first-order valence-corrected chi connectivity index (χ1v) is 11.8. The number of piperidine rings is 1. The number of halogens is 1. The van der Waals surface area contributed by atoms with Crippen molar-refractivity contribution < 1.29 is 9.59 Å². The Bertz CT molecular complexity index is 1200. The second kappa shape index (κ2) is 10.3. The van der Waals surface area contributed by atoms with Gasteiger partial charge in [-0.15, -0.1) is 0 Å². The zero-order valence-electron chi connectivity index (χ0n) is 19.6. The van der Waals surface area contributed by atoms with E-state index in [1.165, 1.54) is 0 Å². The second-order valence-electron chi connectivity index (χ2n) is 8.80. The van der Waals surface area contributed by atoms with E-state index in [4.69, 9.17) is 11.6 Å². The first kappa shape index (κ1) is 23.8. The molecule has 2 amide bonds. The first-order valence-electron chi connectivity index (χ1n) is 11.4. The Morgan fingerprint density at radius 3 is 2.47 bits per heavy atom. The number of carbonyl (C=O) groups excluding carboxylic acids is 2. The summed E-state index contributed by atoms with van der Waals surface area (Å²) >= 11 is 6.16. The third kappa shape index (κ3) is 5.42. The minimum Gasteiger partial charge on any atom is -0.348 e. The summed E-state index contributed by atoms with van der Waals surface area (Å²) < 4.78 is 0. The molecule has 0 atom stereocenters. The number of hydrogen-bond donors (Lipinski definition) is 1. The van der Waals surface area contributed by atoms with Gasteiger partial charge < -0.3 is 10.2 Å². The van der Waals surface area contributed by atoms with E-state index in [0.717, 1.165) is 22.4 Å². The van der Waals surface area contributed by atoms with Gasteiger partial charge in [0, 0.05) is 37.9 Å². The molecule has 0 radical (unpaired) electrons. The van der Waals surface area contributed by atoms with Crippen LogP contribution in [0.15, 0.2) is 42.7 Å². The van der Waals surface area contributed by atoms with Crippen molar-refractivity contribution in [2.45, 2.75) is 46.1 Å². The normalized spacial score (nSPS) is 14.2. The Balaban J connectivity index is 1.45. The third-order valence-corrected chi connectivity index (χ3v) is 6.35. The number of amides is 2. The summed E-state index contributed by atoms with van der Waals surface area (Å²) in [7, 11) is 0. The van der Waals surface area contributed by atoms with E-state index in [1.807, 2.05) is 20.8 Å². The molecular formula is C26H28ClN5O2. The number of hydrogen-bond acceptors (Lipinski definition) is 5. The quantitative estimate of drug-likeness (QED) is 0.588. The molecule has 1 aliphatic rings. The molecule has 176 valence electrons. The highest BCUT2D eigenvalue weighted by molar-refractivity contribution is 6.33. The number of nitrogens with one attached hydrogen (secondary N) is 1. The van der Waals surface area contributed by atoms with Gasteiger partial charge in [0.05, 0.1) is 16.3 Å². The topological polar surface area (TPSA) is 88.1 Å². The zero-order valence-corrected chi connectivity index (χ0v) is 20.4. The Labute approximate surface area is 204 Å². The maximum absolute atomic E-state index is 13.1. The van der Waals surface area contributed by atoms with Crippen molar-refractivity contribution >= 4 is 23.4 Å². The highest BCUT2D eigenvalue weighted by atomic mass is 35.5. The lowest BCUT2D eigenvalue weighted by Crippen LogP contribution is -2.39. The molecule has 1 fully saturated rings. The molecule has 0 unspecified atom stereocenters. The molecule has 1 N–H and O–H groups in total. The molecule has 2 aromatic heterocycles. The van der Waals surface area contributed by atoms with Crippen LogP contribution in [0.3, 0.4) is 0 Å².